The summed E-state index contributed by atoms with van der Waals surface area (Å²) in [6.45, 7) is 8.91. The van der Waals surface area contributed by atoms with E-state index >= 15 is 0 Å². The van der Waals surface area contributed by atoms with Gasteiger partial charge in [0.05, 0.1) is 26.1 Å². The summed E-state index contributed by atoms with van der Waals surface area (Å²) in [4.78, 5) is 27.4. The monoisotopic (exact) mass is 312 g/mol. The molecule has 6 nitrogen and oxygen atoms in total. The maximum atomic E-state index is 11.5. The van der Waals surface area contributed by atoms with Crippen molar-refractivity contribution < 1.29 is 19.1 Å². The molecule has 4 unspecified atom stereocenters. The molecule has 2 aliphatic rings. The molecule has 0 amide bonds. The summed E-state index contributed by atoms with van der Waals surface area (Å²) in [5, 5.41) is 0. The highest BCUT2D eigenvalue weighted by atomic mass is 16.5. The molecule has 0 N–H and O–H groups in total. The molecule has 0 aromatic heterocycles. The van der Waals surface area contributed by atoms with Crippen LogP contribution in [0, 0.1) is 0 Å². The van der Waals surface area contributed by atoms with Gasteiger partial charge >= 0.3 is 11.9 Å². The fourth-order valence-corrected chi connectivity index (χ4v) is 2.40. The number of esters is 2. The zero-order chi connectivity index (χ0) is 15.9. The Kier molecular flexibility index (Phi) is 6.64. The quantitative estimate of drug-likeness (QED) is 0.323. The van der Waals surface area contributed by atoms with Gasteiger partial charge in [0, 0.05) is 38.3 Å². The zero-order valence-corrected chi connectivity index (χ0v) is 13.8. The Hall–Kier alpha value is -1.14. The fourth-order valence-electron chi connectivity index (χ4n) is 2.40. The molecule has 2 saturated heterocycles. The van der Waals surface area contributed by atoms with Gasteiger partial charge in [-0.3, -0.25) is 19.4 Å². The Morgan fingerprint density at radius 1 is 0.864 bits per heavy atom. The summed E-state index contributed by atoms with van der Waals surface area (Å²) in [5.41, 5.74) is 0. The van der Waals surface area contributed by atoms with Gasteiger partial charge in [0.15, 0.2) is 0 Å². The van der Waals surface area contributed by atoms with Gasteiger partial charge in [0.2, 0.25) is 0 Å². The van der Waals surface area contributed by atoms with E-state index in [9.17, 15) is 9.59 Å². The summed E-state index contributed by atoms with van der Waals surface area (Å²) in [7, 11) is 0. The van der Waals surface area contributed by atoms with Gasteiger partial charge < -0.3 is 9.47 Å². The highest BCUT2D eigenvalue weighted by Gasteiger charge is 2.29. The highest BCUT2D eigenvalue weighted by molar-refractivity contribution is 5.70. The van der Waals surface area contributed by atoms with E-state index in [-0.39, 0.29) is 11.9 Å². The Labute approximate surface area is 132 Å². The van der Waals surface area contributed by atoms with Crippen LogP contribution in [0.25, 0.3) is 0 Å². The largest absolute Gasteiger partial charge is 0.466 e. The molecule has 0 saturated carbocycles. The van der Waals surface area contributed by atoms with Gasteiger partial charge in [0.1, 0.15) is 0 Å². The smallest absolute Gasteiger partial charge is 0.307 e. The number of nitrogens with zero attached hydrogens (tertiary/aromatic N) is 2. The van der Waals surface area contributed by atoms with Crippen molar-refractivity contribution in [1.82, 2.24) is 9.80 Å². The lowest BCUT2D eigenvalue weighted by atomic mass is 10.3. The summed E-state index contributed by atoms with van der Waals surface area (Å²) in [6.07, 6.45) is 2.41. The maximum absolute atomic E-state index is 11.5. The average molecular weight is 312 g/mol. The molecule has 2 fully saturated rings. The standard InChI is InChI=1S/C16H28N2O4/c1-13-11-17(13)7-5-15(19)21-9-3-4-10-22-16(20)6-8-18-12-14(18)2/h13-14H,3-12H2,1-2H3. The van der Waals surface area contributed by atoms with E-state index in [1.165, 1.54) is 0 Å². The fraction of sp³-hybridized carbons (Fsp3) is 0.875. The SMILES string of the molecule is CC1CN1CCC(=O)OCCCCOC(=O)CCN1CC1C. The Morgan fingerprint density at radius 2 is 1.23 bits per heavy atom. The second-order valence-corrected chi connectivity index (χ2v) is 6.34. The Balaban J connectivity index is 1.34. The van der Waals surface area contributed by atoms with E-state index in [0.29, 0.717) is 38.1 Å². The second kappa shape index (κ2) is 8.48. The number of hydrogen-bond acceptors (Lipinski definition) is 6. The van der Waals surface area contributed by atoms with Crippen LogP contribution in [0.1, 0.15) is 39.5 Å². The van der Waals surface area contributed by atoms with E-state index in [2.05, 4.69) is 23.6 Å². The van der Waals surface area contributed by atoms with Crippen molar-refractivity contribution in [2.75, 3.05) is 39.4 Å². The molecule has 22 heavy (non-hydrogen) atoms. The van der Waals surface area contributed by atoms with E-state index in [0.717, 1.165) is 39.0 Å². The van der Waals surface area contributed by atoms with Crippen molar-refractivity contribution in [3.8, 4) is 0 Å². The molecule has 0 spiro atoms. The highest BCUT2D eigenvalue weighted by Crippen LogP contribution is 2.16. The minimum absolute atomic E-state index is 0.135. The molecule has 2 aliphatic heterocycles. The number of rotatable bonds is 11. The van der Waals surface area contributed by atoms with Crippen molar-refractivity contribution in [2.24, 2.45) is 0 Å². The normalized spacial score (nSPS) is 29.0. The molecular formula is C16H28N2O4. The van der Waals surface area contributed by atoms with Crippen LogP contribution in [0.5, 0.6) is 0 Å². The van der Waals surface area contributed by atoms with Gasteiger partial charge in [-0.15, -0.1) is 0 Å². The lowest BCUT2D eigenvalue weighted by Crippen LogP contribution is -2.14. The van der Waals surface area contributed by atoms with Crippen molar-refractivity contribution in [2.45, 2.75) is 51.6 Å². The number of carbonyl (C=O) groups excluding carboxylic acids is 2. The molecule has 0 radical (unpaired) electrons. The van der Waals surface area contributed by atoms with E-state index in [1.54, 1.807) is 0 Å². The maximum Gasteiger partial charge on any atom is 0.307 e. The molecule has 0 aromatic carbocycles. The predicted octanol–water partition coefficient (Wildman–Crippen LogP) is 1.04. The summed E-state index contributed by atoms with van der Waals surface area (Å²) in [6, 6.07) is 1.25. The zero-order valence-electron chi connectivity index (χ0n) is 13.8. The first-order valence-electron chi connectivity index (χ1n) is 8.35. The van der Waals surface area contributed by atoms with Crippen LogP contribution in [-0.4, -0.2) is 73.2 Å². The van der Waals surface area contributed by atoms with Gasteiger partial charge in [-0.2, -0.15) is 0 Å². The van der Waals surface area contributed by atoms with Gasteiger partial charge in [-0.1, -0.05) is 0 Å². The van der Waals surface area contributed by atoms with E-state index < -0.39 is 0 Å². The molecule has 0 aromatic rings. The Bertz CT molecular complexity index is 352. The van der Waals surface area contributed by atoms with Crippen LogP contribution in [0.15, 0.2) is 0 Å². The van der Waals surface area contributed by atoms with E-state index in [4.69, 9.17) is 9.47 Å². The van der Waals surface area contributed by atoms with Crippen LogP contribution in [0.4, 0.5) is 0 Å². The van der Waals surface area contributed by atoms with Crippen molar-refractivity contribution in [1.29, 1.82) is 0 Å². The minimum atomic E-state index is -0.135. The molecule has 4 atom stereocenters. The van der Waals surface area contributed by atoms with Crippen molar-refractivity contribution in [3.05, 3.63) is 0 Å². The Morgan fingerprint density at radius 3 is 1.55 bits per heavy atom. The minimum Gasteiger partial charge on any atom is -0.466 e. The number of hydrogen-bond donors (Lipinski definition) is 0. The van der Waals surface area contributed by atoms with Crippen LogP contribution in [0.2, 0.25) is 0 Å². The summed E-state index contributed by atoms with van der Waals surface area (Å²) in [5.74, 6) is -0.271. The lowest BCUT2D eigenvalue weighted by molar-refractivity contribution is -0.146. The van der Waals surface area contributed by atoms with E-state index in [1.807, 2.05) is 0 Å². The second-order valence-electron chi connectivity index (χ2n) is 6.34. The first-order chi connectivity index (χ1) is 10.6. The summed E-state index contributed by atoms with van der Waals surface area (Å²) < 4.78 is 10.3. The lowest BCUT2D eigenvalue weighted by Gasteiger charge is -2.07. The third-order valence-corrected chi connectivity index (χ3v) is 4.25. The average Bonchev–Trinajstić information content (AvgIpc) is 3.37. The molecule has 0 aliphatic carbocycles. The number of ether oxygens (including phenoxy) is 2. The number of carbonyl (C=O) groups is 2. The first kappa shape index (κ1) is 17.2. The topological polar surface area (TPSA) is 58.6 Å². The third-order valence-electron chi connectivity index (χ3n) is 4.25. The van der Waals surface area contributed by atoms with Gasteiger partial charge in [-0.05, 0) is 26.7 Å². The van der Waals surface area contributed by atoms with Crippen molar-refractivity contribution in [3.63, 3.8) is 0 Å². The van der Waals surface area contributed by atoms with Gasteiger partial charge in [-0.25, -0.2) is 0 Å². The molecule has 6 heteroatoms. The van der Waals surface area contributed by atoms with Crippen molar-refractivity contribution >= 4 is 11.9 Å². The van der Waals surface area contributed by atoms with Crippen LogP contribution < -0.4 is 0 Å². The summed E-state index contributed by atoms with van der Waals surface area (Å²) >= 11 is 0. The third kappa shape index (κ3) is 6.75. The molecule has 126 valence electrons. The van der Waals surface area contributed by atoms with Crippen LogP contribution >= 0.6 is 0 Å². The molecular weight excluding hydrogens is 284 g/mol. The first-order valence-corrected chi connectivity index (χ1v) is 8.35. The van der Waals surface area contributed by atoms with Crippen LogP contribution in [0.3, 0.4) is 0 Å². The molecule has 2 rings (SSSR count). The van der Waals surface area contributed by atoms with Gasteiger partial charge in [0.25, 0.3) is 0 Å². The molecule has 0 bridgehead atoms. The van der Waals surface area contributed by atoms with Crippen LogP contribution in [-0.2, 0) is 19.1 Å². The molecule has 2 heterocycles. The number of unbranched alkanes of at least 4 members (excludes halogenated alkanes) is 1. The predicted molar refractivity (Wildman–Crippen MR) is 82.5 cm³/mol.